The standard InChI is InChI=1S/C14H15N3O4/c1-3-15-8-9-12(18)16-14(20)17(13(9)19)10-6-4-5-7-11(10)21-2/h4-8,19H,3H2,1-2H3,(H,16,18,20). The SMILES string of the molecule is CCN=Cc1c(O)n(-c2ccccc2OC)c(=O)[nH]c1=O. The number of aliphatic imine (C=N–C) groups is 1. The molecule has 7 nitrogen and oxygen atoms in total. The Morgan fingerprint density at radius 3 is 2.76 bits per heavy atom. The molecule has 1 aromatic carbocycles. The Morgan fingerprint density at radius 1 is 1.38 bits per heavy atom. The third kappa shape index (κ3) is 2.71. The Hall–Kier alpha value is -2.83. The van der Waals surface area contributed by atoms with Gasteiger partial charge in [-0.25, -0.2) is 9.36 Å². The topological polar surface area (TPSA) is 96.7 Å². The number of ether oxygens (including phenoxy) is 1. The van der Waals surface area contributed by atoms with E-state index in [0.29, 0.717) is 18.0 Å². The van der Waals surface area contributed by atoms with E-state index in [1.807, 2.05) is 0 Å². The molecule has 0 aliphatic heterocycles. The molecule has 0 aliphatic carbocycles. The van der Waals surface area contributed by atoms with Crippen LogP contribution in [-0.4, -0.2) is 34.5 Å². The van der Waals surface area contributed by atoms with Crippen LogP contribution in [0.3, 0.4) is 0 Å². The third-order valence-electron chi connectivity index (χ3n) is 2.85. The molecule has 21 heavy (non-hydrogen) atoms. The average molecular weight is 289 g/mol. The Bertz CT molecular complexity index is 790. The Morgan fingerprint density at radius 2 is 2.10 bits per heavy atom. The van der Waals surface area contributed by atoms with Gasteiger partial charge in [0.1, 0.15) is 11.3 Å². The zero-order valence-electron chi connectivity index (χ0n) is 11.7. The molecule has 7 heteroatoms. The number of para-hydroxylation sites is 2. The van der Waals surface area contributed by atoms with Crippen molar-refractivity contribution in [2.24, 2.45) is 4.99 Å². The number of nitrogens with one attached hydrogen (secondary N) is 1. The summed E-state index contributed by atoms with van der Waals surface area (Å²) in [7, 11) is 1.45. The minimum Gasteiger partial charge on any atom is -0.495 e. The van der Waals surface area contributed by atoms with Crippen molar-refractivity contribution < 1.29 is 9.84 Å². The van der Waals surface area contributed by atoms with Crippen LogP contribution < -0.4 is 16.0 Å². The summed E-state index contributed by atoms with van der Waals surface area (Å²) in [6, 6.07) is 6.66. The van der Waals surface area contributed by atoms with Gasteiger partial charge >= 0.3 is 5.69 Å². The van der Waals surface area contributed by atoms with E-state index in [1.54, 1.807) is 31.2 Å². The van der Waals surface area contributed by atoms with E-state index in [4.69, 9.17) is 4.74 Å². The molecule has 2 aromatic rings. The van der Waals surface area contributed by atoms with Crippen LogP contribution in [-0.2, 0) is 0 Å². The van der Waals surface area contributed by atoms with Gasteiger partial charge in [-0.15, -0.1) is 0 Å². The van der Waals surface area contributed by atoms with Crippen molar-refractivity contribution in [2.45, 2.75) is 6.92 Å². The zero-order valence-corrected chi connectivity index (χ0v) is 11.7. The number of nitrogens with zero attached hydrogens (tertiary/aromatic N) is 2. The molecule has 0 aliphatic rings. The molecule has 0 unspecified atom stereocenters. The van der Waals surface area contributed by atoms with E-state index in [1.165, 1.54) is 13.3 Å². The Balaban J connectivity index is 2.78. The van der Waals surface area contributed by atoms with Gasteiger partial charge in [0.2, 0.25) is 5.88 Å². The molecular weight excluding hydrogens is 274 g/mol. The fraction of sp³-hybridized carbons (Fsp3) is 0.214. The van der Waals surface area contributed by atoms with E-state index in [9.17, 15) is 14.7 Å². The summed E-state index contributed by atoms with van der Waals surface area (Å²) in [4.78, 5) is 29.8. The van der Waals surface area contributed by atoms with Crippen LogP contribution in [0.5, 0.6) is 11.6 Å². The summed E-state index contributed by atoms with van der Waals surface area (Å²) in [6.07, 6.45) is 1.24. The van der Waals surface area contributed by atoms with Gasteiger partial charge in [0, 0.05) is 12.8 Å². The van der Waals surface area contributed by atoms with E-state index < -0.39 is 17.1 Å². The second-order valence-electron chi connectivity index (χ2n) is 4.13. The van der Waals surface area contributed by atoms with Gasteiger partial charge in [0.15, 0.2) is 0 Å². The first-order chi connectivity index (χ1) is 10.1. The smallest absolute Gasteiger partial charge is 0.335 e. The number of benzene rings is 1. The van der Waals surface area contributed by atoms with Gasteiger partial charge in [-0.3, -0.25) is 14.8 Å². The van der Waals surface area contributed by atoms with Crippen LogP contribution in [0.2, 0.25) is 0 Å². The summed E-state index contributed by atoms with van der Waals surface area (Å²) >= 11 is 0. The van der Waals surface area contributed by atoms with Gasteiger partial charge < -0.3 is 9.84 Å². The van der Waals surface area contributed by atoms with Crippen molar-refractivity contribution in [3.63, 3.8) is 0 Å². The van der Waals surface area contributed by atoms with Crippen molar-refractivity contribution >= 4 is 6.21 Å². The monoisotopic (exact) mass is 289 g/mol. The Kier molecular flexibility index (Phi) is 4.22. The number of rotatable bonds is 4. The lowest BCUT2D eigenvalue weighted by Crippen LogP contribution is -2.31. The summed E-state index contributed by atoms with van der Waals surface area (Å²) in [6.45, 7) is 2.24. The lowest BCUT2D eigenvalue weighted by atomic mass is 10.2. The van der Waals surface area contributed by atoms with Gasteiger partial charge in [-0.2, -0.15) is 0 Å². The number of hydrogen-bond donors (Lipinski definition) is 2. The van der Waals surface area contributed by atoms with Gasteiger partial charge in [-0.05, 0) is 19.1 Å². The second kappa shape index (κ2) is 6.08. The van der Waals surface area contributed by atoms with E-state index in [0.717, 1.165) is 4.57 Å². The molecule has 1 heterocycles. The molecule has 2 N–H and O–H groups in total. The van der Waals surface area contributed by atoms with E-state index in [2.05, 4.69) is 9.98 Å². The van der Waals surface area contributed by atoms with Crippen molar-refractivity contribution in [3.8, 4) is 17.3 Å². The number of hydrogen-bond acceptors (Lipinski definition) is 5. The summed E-state index contributed by atoms with van der Waals surface area (Å²) in [5, 5.41) is 10.2. The predicted octanol–water partition coefficient (Wildman–Crippen LogP) is 0.679. The first-order valence-electron chi connectivity index (χ1n) is 6.31. The van der Waals surface area contributed by atoms with Crippen LogP contribution in [0.25, 0.3) is 5.69 Å². The molecule has 0 amide bonds. The first-order valence-corrected chi connectivity index (χ1v) is 6.31. The molecule has 0 bridgehead atoms. The molecule has 110 valence electrons. The van der Waals surface area contributed by atoms with Gasteiger partial charge in [0.25, 0.3) is 5.56 Å². The van der Waals surface area contributed by atoms with Crippen molar-refractivity contribution in [1.82, 2.24) is 9.55 Å². The summed E-state index contributed by atoms with van der Waals surface area (Å²) < 4.78 is 6.13. The fourth-order valence-electron chi connectivity index (χ4n) is 1.88. The molecular formula is C14H15N3O4. The summed E-state index contributed by atoms with van der Waals surface area (Å²) in [5.41, 5.74) is -1.20. The first kappa shape index (κ1) is 14.6. The predicted molar refractivity (Wildman–Crippen MR) is 79.0 cm³/mol. The van der Waals surface area contributed by atoms with Crippen LogP contribution in [0.15, 0.2) is 38.8 Å². The molecule has 0 atom stereocenters. The largest absolute Gasteiger partial charge is 0.495 e. The molecule has 0 radical (unpaired) electrons. The highest BCUT2D eigenvalue weighted by atomic mass is 16.5. The average Bonchev–Trinajstić information content (AvgIpc) is 2.47. The minimum atomic E-state index is -0.754. The van der Waals surface area contributed by atoms with E-state index >= 15 is 0 Å². The molecule has 0 fully saturated rings. The minimum absolute atomic E-state index is 0.0812. The fourth-order valence-corrected chi connectivity index (χ4v) is 1.88. The van der Waals surface area contributed by atoms with Crippen molar-refractivity contribution in [3.05, 3.63) is 50.7 Å². The van der Waals surface area contributed by atoms with Gasteiger partial charge in [0.05, 0.1) is 12.8 Å². The summed E-state index contributed by atoms with van der Waals surface area (Å²) in [5.74, 6) is -0.0919. The zero-order chi connectivity index (χ0) is 15.4. The van der Waals surface area contributed by atoms with Crippen LogP contribution >= 0.6 is 0 Å². The molecule has 0 saturated heterocycles. The van der Waals surface area contributed by atoms with Crippen LogP contribution in [0, 0.1) is 0 Å². The van der Waals surface area contributed by atoms with Gasteiger partial charge in [-0.1, -0.05) is 12.1 Å². The molecule has 0 saturated carbocycles. The highest BCUT2D eigenvalue weighted by Crippen LogP contribution is 2.24. The number of aromatic nitrogens is 2. The second-order valence-corrected chi connectivity index (χ2v) is 4.13. The number of aromatic amines is 1. The van der Waals surface area contributed by atoms with Crippen molar-refractivity contribution in [1.29, 1.82) is 0 Å². The number of methoxy groups -OCH3 is 1. The Labute approximate surface area is 120 Å². The normalized spacial score (nSPS) is 11.0. The highest BCUT2D eigenvalue weighted by Gasteiger charge is 2.16. The quantitative estimate of drug-likeness (QED) is 0.809. The van der Waals surface area contributed by atoms with E-state index in [-0.39, 0.29) is 5.56 Å². The lowest BCUT2D eigenvalue weighted by Gasteiger charge is -2.12. The van der Waals surface area contributed by atoms with Crippen LogP contribution in [0.1, 0.15) is 12.5 Å². The number of H-pyrrole nitrogens is 1. The van der Waals surface area contributed by atoms with Crippen molar-refractivity contribution in [2.75, 3.05) is 13.7 Å². The molecule has 2 rings (SSSR count). The van der Waals surface area contributed by atoms with Crippen LogP contribution in [0.4, 0.5) is 0 Å². The lowest BCUT2D eigenvalue weighted by molar-refractivity contribution is 0.401. The maximum Gasteiger partial charge on any atom is 0.335 e. The maximum atomic E-state index is 12.0. The maximum absolute atomic E-state index is 12.0. The molecule has 1 aromatic heterocycles. The highest BCUT2D eigenvalue weighted by molar-refractivity contribution is 5.82. The third-order valence-corrected chi connectivity index (χ3v) is 2.85. The molecule has 0 spiro atoms. The number of aromatic hydroxyl groups is 1.